The van der Waals surface area contributed by atoms with Crippen LogP contribution in [0, 0.1) is 17.1 Å². The number of Topliss-reactive ketones (excluding diaryl/α,β-unsaturated/α-hetero) is 1. The highest BCUT2D eigenvalue weighted by atomic mass is 19.1. The van der Waals surface area contributed by atoms with Gasteiger partial charge in [-0.1, -0.05) is 6.07 Å². The maximum atomic E-state index is 13.3. The molecule has 0 saturated carbocycles. The second-order valence-corrected chi connectivity index (χ2v) is 5.00. The highest BCUT2D eigenvalue weighted by Crippen LogP contribution is 2.29. The zero-order chi connectivity index (χ0) is 16.4. The fourth-order valence-electron chi connectivity index (χ4n) is 2.41. The van der Waals surface area contributed by atoms with Crippen LogP contribution in [0.15, 0.2) is 42.0 Å². The summed E-state index contributed by atoms with van der Waals surface area (Å²) in [5.41, 5.74) is 1.65. The van der Waals surface area contributed by atoms with Crippen LogP contribution in [0.1, 0.15) is 21.5 Å². The molecule has 0 aromatic heterocycles. The van der Waals surface area contributed by atoms with Gasteiger partial charge in [-0.15, -0.1) is 0 Å². The molecule has 0 atom stereocenters. The summed E-state index contributed by atoms with van der Waals surface area (Å²) in [5.74, 6) is 0.0764. The maximum Gasteiger partial charge on any atom is 0.196 e. The number of methoxy groups -OCH3 is 1. The Morgan fingerprint density at radius 1 is 1.30 bits per heavy atom. The maximum absolute atomic E-state index is 13.3. The Morgan fingerprint density at radius 2 is 2.13 bits per heavy atom. The number of rotatable bonds is 2. The molecule has 0 radical (unpaired) electrons. The van der Waals surface area contributed by atoms with Crippen molar-refractivity contribution in [3.8, 4) is 17.6 Å². The predicted molar refractivity (Wildman–Crippen MR) is 81.9 cm³/mol. The average molecular weight is 309 g/mol. The lowest BCUT2D eigenvalue weighted by molar-refractivity contribution is 0.1000. The summed E-state index contributed by atoms with van der Waals surface area (Å²) in [6.45, 7) is 0.103. The molecule has 0 N–H and O–H groups in total. The lowest BCUT2D eigenvalue weighted by Gasteiger charge is -2.18. The van der Waals surface area contributed by atoms with E-state index in [1.807, 2.05) is 6.07 Å². The van der Waals surface area contributed by atoms with Crippen molar-refractivity contribution in [2.45, 2.75) is 0 Å². The van der Waals surface area contributed by atoms with Gasteiger partial charge in [0, 0.05) is 5.57 Å². The van der Waals surface area contributed by atoms with E-state index in [9.17, 15) is 9.18 Å². The number of ether oxygens (including phenoxy) is 2. The number of nitrogens with zero attached hydrogens (tertiary/aromatic N) is 1. The van der Waals surface area contributed by atoms with Gasteiger partial charge in [-0.3, -0.25) is 4.79 Å². The molecule has 0 bridgehead atoms. The summed E-state index contributed by atoms with van der Waals surface area (Å²) in [7, 11) is 1.48. The number of fused-ring (bicyclic) bond motifs is 1. The molecule has 0 fully saturated rings. The van der Waals surface area contributed by atoms with E-state index >= 15 is 0 Å². The van der Waals surface area contributed by atoms with E-state index in [0.717, 1.165) is 0 Å². The molecule has 1 heterocycles. The molecule has 0 spiro atoms. The smallest absolute Gasteiger partial charge is 0.196 e. The molecule has 0 aliphatic carbocycles. The zero-order valence-corrected chi connectivity index (χ0v) is 12.3. The third-order valence-electron chi connectivity index (χ3n) is 3.55. The summed E-state index contributed by atoms with van der Waals surface area (Å²) in [6, 6.07) is 10.9. The Bertz CT molecular complexity index is 865. The third-order valence-corrected chi connectivity index (χ3v) is 3.55. The van der Waals surface area contributed by atoms with Gasteiger partial charge in [-0.2, -0.15) is 5.26 Å². The molecule has 1 aliphatic heterocycles. The SMILES string of the molecule is COc1ccc(C=C2COc3ccc(F)cc3C2=O)cc1C#N. The first-order valence-corrected chi connectivity index (χ1v) is 6.88. The molecule has 0 unspecified atom stereocenters. The molecular weight excluding hydrogens is 297 g/mol. The molecule has 0 saturated heterocycles. The van der Waals surface area contributed by atoms with Crippen molar-refractivity contribution >= 4 is 11.9 Å². The summed E-state index contributed by atoms with van der Waals surface area (Å²) in [5, 5.41) is 9.11. The highest BCUT2D eigenvalue weighted by molar-refractivity contribution is 6.14. The van der Waals surface area contributed by atoms with Crippen LogP contribution in [0.3, 0.4) is 0 Å². The van der Waals surface area contributed by atoms with E-state index in [-0.39, 0.29) is 18.0 Å². The normalized spacial score (nSPS) is 14.8. The van der Waals surface area contributed by atoms with Gasteiger partial charge in [0.1, 0.15) is 30.0 Å². The molecule has 3 rings (SSSR count). The van der Waals surface area contributed by atoms with Crippen LogP contribution >= 0.6 is 0 Å². The lowest BCUT2D eigenvalue weighted by atomic mass is 9.98. The molecule has 114 valence electrons. The van der Waals surface area contributed by atoms with E-state index in [2.05, 4.69) is 0 Å². The number of ketones is 1. The van der Waals surface area contributed by atoms with Gasteiger partial charge in [0.2, 0.25) is 0 Å². The first-order chi connectivity index (χ1) is 11.1. The third kappa shape index (κ3) is 2.79. The van der Waals surface area contributed by atoms with Gasteiger partial charge in [-0.05, 0) is 42.0 Å². The van der Waals surface area contributed by atoms with Crippen molar-refractivity contribution in [3.05, 3.63) is 64.5 Å². The van der Waals surface area contributed by atoms with Gasteiger partial charge < -0.3 is 9.47 Å². The molecule has 23 heavy (non-hydrogen) atoms. The summed E-state index contributed by atoms with van der Waals surface area (Å²) >= 11 is 0. The minimum Gasteiger partial charge on any atom is -0.495 e. The van der Waals surface area contributed by atoms with Crippen molar-refractivity contribution in [1.29, 1.82) is 5.26 Å². The quantitative estimate of drug-likeness (QED) is 0.798. The van der Waals surface area contributed by atoms with E-state index in [1.165, 1.54) is 25.3 Å². The van der Waals surface area contributed by atoms with Gasteiger partial charge in [-0.25, -0.2) is 4.39 Å². The molecule has 0 amide bonds. The van der Waals surface area contributed by atoms with E-state index in [0.29, 0.717) is 28.2 Å². The number of carbonyl (C=O) groups is 1. The van der Waals surface area contributed by atoms with E-state index in [4.69, 9.17) is 14.7 Å². The van der Waals surface area contributed by atoms with Gasteiger partial charge >= 0.3 is 0 Å². The average Bonchev–Trinajstić information content (AvgIpc) is 2.57. The molecule has 2 aromatic rings. The standard InChI is InChI=1S/C18H12FNO3/c1-22-16-4-2-11(6-12(16)9-20)7-13-10-23-17-5-3-14(19)8-15(17)18(13)21/h2-8H,10H2,1H3. The Balaban J connectivity index is 1.98. The Kier molecular flexibility index (Phi) is 3.82. The Labute approximate surface area is 132 Å². The number of halogens is 1. The van der Waals surface area contributed by atoms with Crippen molar-refractivity contribution in [2.24, 2.45) is 0 Å². The fourth-order valence-corrected chi connectivity index (χ4v) is 2.41. The molecule has 4 nitrogen and oxygen atoms in total. The Morgan fingerprint density at radius 3 is 2.87 bits per heavy atom. The second-order valence-electron chi connectivity index (χ2n) is 5.00. The highest BCUT2D eigenvalue weighted by Gasteiger charge is 2.23. The monoisotopic (exact) mass is 309 g/mol. The molecule has 2 aromatic carbocycles. The number of benzene rings is 2. The van der Waals surface area contributed by atoms with Crippen molar-refractivity contribution in [3.63, 3.8) is 0 Å². The van der Waals surface area contributed by atoms with E-state index < -0.39 is 5.82 Å². The van der Waals surface area contributed by atoms with Crippen molar-refractivity contribution in [1.82, 2.24) is 0 Å². The summed E-state index contributed by atoms with van der Waals surface area (Å²) in [4.78, 5) is 12.4. The number of hydrogen-bond acceptors (Lipinski definition) is 4. The minimum absolute atomic E-state index is 0.103. The molecule has 1 aliphatic rings. The van der Waals surface area contributed by atoms with Gasteiger partial charge in [0.15, 0.2) is 5.78 Å². The number of hydrogen-bond donors (Lipinski definition) is 0. The van der Waals surface area contributed by atoms with Crippen LogP contribution in [0.2, 0.25) is 0 Å². The first-order valence-electron chi connectivity index (χ1n) is 6.88. The summed E-state index contributed by atoms with van der Waals surface area (Å²) < 4.78 is 23.9. The fraction of sp³-hybridized carbons (Fsp3) is 0.111. The van der Waals surface area contributed by atoms with Gasteiger partial charge in [0.05, 0.1) is 18.2 Å². The predicted octanol–water partition coefficient (Wildman–Crippen LogP) is 3.36. The van der Waals surface area contributed by atoms with Crippen LogP contribution in [-0.2, 0) is 0 Å². The van der Waals surface area contributed by atoms with Crippen LogP contribution in [0.25, 0.3) is 6.08 Å². The molecular formula is C18H12FNO3. The largest absolute Gasteiger partial charge is 0.495 e. The Hall–Kier alpha value is -3.13. The van der Waals surface area contributed by atoms with Crippen LogP contribution in [-0.4, -0.2) is 19.5 Å². The number of nitriles is 1. The van der Waals surface area contributed by atoms with Gasteiger partial charge in [0.25, 0.3) is 0 Å². The van der Waals surface area contributed by atoms with E-state index in [1.54, 1.807) is 24.3 Å². The first kappa shape index (κ1) is 14.8. The van der Waals surface area contributed by atoms with Crippen LogP contribution in [0.4, 0.5) is 4.39 Å². The topological polar surface area (TPSA) is 59.3 Å². The summed E-state index contributed by atoms with van der Waals surface area (Å²) in [6.07, 6.45) is 1.64. The van der Waals surface area contributed by atoms with Crippen molar-refractivity contribution < 1.29 is 18.7 Å². The lowest BCUT2D eigenvalue weighted by Crippen LogP contribution is -2.19. The number of carbonyl (C=O) groups excluding carboxylic acids is 1. The zero-order valence-electron chi connectivity index (χ0n) is 12.3. The van der Waals surface area contributed by atoms with Crippen LogP contribution < -0.4 is 9.47 Å². The molecule has 5 heteroatoms. The minimum atomic E-state index is -0.488. The van der Waals surface area contributed by atoms with Crippen molar-refractivity contribution in [2.75, 3.05) is 13.7 Å². The van der Waals surface area contributed by atoms with Crippen LogP contribution in [0.5, 0.6) is 11.5 Å². The second kappa shape index (κ2) is 5.93.